The molecule has 0 aliphatic heterocycles. The van der Waals surface area contributed by atoms with Crippen LogP contribution >= 0.6 is 11.3 Å². The molecule has 10 rings (SSSR count). The van der Waals surface area contributed by atoms with Crippen LogP contribution in [0.15, 0.2) is 212 Å². The molecule has 0 N–H and O–H groups in total. The molecule has 0 bridgehead atoms. The van der Waals surface area contributed by atoms with Crippen LogP contribution in [0, 0.1) is 0 Å². The molecule has 0 amide bonds. The van der Waals surface area contributed by atoms with E-state index in [0.29, 0.717) is 0 Å². The summed E-state index contributed by atoms with van der Waals surface area (Å²) in [5.74, 6) is 0. The molecule has 0 aliphatic rings. The van der Waals surface area contributed by atoms with Crippen molar-refractivity contribution >= 4 is 59.3 Å². The Bertz CT molecular complexity index is 2820. The van der Waals surface area contributed by atoms with Gasteiger partial charge in [0, 0.05) is 37.2 Å². The van der Waals surface area contributed by atoms with Crippen molar-refractivity contribution in [2.24, 2.45) is 0 Å². The Kier molecular flexibility index (Phi) is 8.09. The normalized spacial score (nSPS) is 11.3. The summed E-state index contributed by atoms with van der Waals surface area (Å²) in [5, 5.41) is 5.13. The standard InChI is InChI=1S/C52H35NS/c1-3-13-36(14-4-1)38-25-29-42(30-26-38)53(43-31-27-39(28-32-43)37-15-5-2-6-16-37)44-20-11-19-41(35-44)46-33-34-50-52(48-22-9-10-24-49(48)54-50)51(46)47-23-12-18-40-17-7-8-21-45(40)47/h1-35H. The van der Waals surface area contributed by atoms with Crippen molar-refractivity contribution in [3.05, 3.63) is 212 Å². The minimum absolute atomic E-state index is 1.10. The van der Waals surface area contributed by atoms with Crippen molar-refractivity contribution in [2.45, 2.75) is 0 Å². The third-order valence-corrected chi connectivity index (χ3v) is 11.6. The lowest BCUT2D eigenvalue weighted by Crippen LogP contribution is -2.10. The summed E-state index contributed by atoms with van der Waals surface area (Å²) in [6.07, 6.45) is 0. The van der Waals surface area contributed by atoms with Crippen molar-refractivity contribution in [2.75, 3.05) is 4.90 Å². The van der Waals surface area contributed by atoms with Gasteiger partial charge in [-0.25, -0.2) is 0 Å². The SMILES string of the molecule is c1ccc(-c2ccc(N(c3ccc(-c4ccccc4)cc3)c3cccc(-c4ccc5sc6ccccc6c5c4-c4cccc5ccccc45)c3)cc2)cc1. The quantitative estimate of drug-likeness (QED) is 0.160. The van der Waals surface area contributed by atoms with Crippen molar-refractivity contribution in [3.63, 3.8) is 0 Å². The highest BCUT2D eigenvalue weighted by Gasteiger charge is 2.20. The van der Waals surface area contributed by atoms with Crippen molar-refractivity contribution in [1.29, 1.82) is 0 Å². The molecule has 0 saturated heterocycles. The van der Waals surface area contributed by atoms with Crippen LogP contribution in [-0.4, -0.2) is 0 Å². The van der Waals surface area contributed by atoms with Gasteiger partial charge in [-0.15, -0.1) is 11.3 Å². The second-order valence-corrected chi connectivity index (χ2v) is 14.8. The third-order valence-electron chi connectivity index (χ3n) is 10.5. The lowest BCUT2D eigenvalue weighted by Gasteiger charge is -2.27. The minimum atomic E-state index is 1.10. The highest BCUT2D eigenvalue weighted by molar-refractivity contribution is 7.26. The fourth-order valence-corrected chi connectivity index (χ4v) is 9.02. The molecule has 54 heavy (non-hydrogen) atoms. The van der Waals surface area contributed by atoms with Gasteiger partial charge in [-0.05, 0) is 104 Å². The lowest BCUT2D eigenvalue weighted by atomic mass is 9.88. The number of benzene rings is 9. The second kappa shape index (κ2) is 13.7. The zero-order valence-corrected chi connectivity index (χ0v) is 30.4. The molecule has 0 aliphatic carbocycles. The third kappa shape index (κ3) is 5.74. The molecule has 0 radical (unpaired) electrons. The first-order valence-corrected chi connectivity index (χ1v) is 19.2. The topological polar surface area (TPSA) is 3.24 Å². The van der Waals surface area contributed by atoms with Crippen LogP contribution in [0.1, 0.15) is 0 Å². The average molecular weight is 706 g/mol. The fraction of sp³-hybridized carbons (Fsp3) is 0. The summed E-state index contributed by atoms with van der Waals surface area (Å²) >= 11 is 1.87. The van der Waals surface area contributed by atoms with Gasteiger partial charge < -0.3 is 4.90 Å². The maximum Gasteiger partial charge on any atom is 0.0467 e. The molecule has 0 saturated carbocycles. The van der Waals surface area contributed by atoms with Crippen LogP contribution in [0.5, 0.6) is 0 Å². The Labute approximate surface area is 319 Å². The van der Waals surface area contributed by atoms with E-state index in [1.165, 1.54) is 75.5 Å². The molecular formula is C52H35NS. The summed E-state index contributed by atoms with van der Waals surface area (Å²) in [5.41, 5.74) is 13.1. The van der Waals surface area contributed by atoms with Gasteiger partial charge in [0.15, 0.2) is 0 Å². The first-order chi connectivity index (χ1) is 26.8. The molecule has 0 spiro atoms. The molecule has 10 aromatic rings. The highest BCUT2D eigenvalue weighted by Crippen LogP contribution is 2.47. The number of thiophene rings is 1. The van der Waals surface area contributed by atoms with E-state index in [2.05, 4.69) is 217 Å². The molecular weight excluding hydrogens is 671 g/mol. The predicted molar refractivity (Wildman–Crippen MR) is 233 cm³/mol. The van der Waals surface area contributed by atoms with Crippen LogP contribution in [0.3, 0.4) is 0 Å². The van der Waals surface area contributed by atoms with E-state index < -0.39 is 0 Å². The maximum atomic E-state index is 2.38. The highest BCUT2D eigenvalue weighted by atomic mass is 32.1. The van der Waals surface area contributed by atoms with Crippen LogP contribution in [0.25, 0.3) is 75.5 Å². The van der Waals surface area contributed by atoms with Crippen LogP contribution in [-0.2, 0) is 0 Å². The molecule has 2 heteroatoms. The Morgan fingerprint density at radius 1 is 0.315 bits per heavy atom. The average Bonchev–Trinajstić information content (AvgIpc) is 3.63. The van der Waals surface area contributed by atoms with E-state index >= 15 is 0 Å². The molecule has 9 aromatic carbocycles. The summed E-state index contributed by atoms with van der Waals surface area (Å²) < 4.78 is 2.61. The minimum Gasteiger partial charge on any atom is -0.310 e. The molecule has 1 aromatic heterocycles. The smallest absolute Gasteiger partial charge is 0.0467 e. The predicted octanol–water partition coefficient (Wildman–Crippen LogP) is 15.3. The van der Waals surface area contributed by atoms with E-state index in [1.54, 1.807) is 0 Å². The summed E-state index contributed by atoms with van der Waals surface area (Å²) in [6.45, 7) is 0. The number of anilines is 3. The van der Waals surface area contributed by atoms with Gasteiger partial charge in [0.25, 0.3) is 0 Å². The van der Waals surface area contributed by atoms with Gasteiger partial charge in [-0.1, -0.05) is 164 Å². The van der Waals surface area contributed by atoms with Gasteiger partial charge in [-0.2, -0.15) is 0 Å². The molecule has 1 nitrogen and oxygen atoms in total. The van der Waals surface area contributed by atoms with Crippen LogP contribution in [0.2, 0.25) is 0 Å². The van der Waals surface area contributed by atoms with Gasteiger partial charge in [0.1, 0.15) is 0 Å². The van der Waals surface area contributed by atoms with E-state index in [0.717, 1.165) is 17.1 Å². The molecule has 1 heterocycles. The largest absolute Gasteiger partial charge is 0.310 e. The van der Waals surface area contributed by atoms with Gasteiger partial charge in [-0.3, -0.25) is 0 Å². The Morgan fingerprint density at radius 3 is 1.54 bits per heavy atom. The molecule has 254 valence electrons. The molecule has 0 unspecified atom stereocenters. The number of rotatable bonds is 7. The van der Waals surface area contributed by atoms with Crippen molar-refractivity contribution < 1.29 is 0 Å². The molecule has 0 fully saturated rings. The Morgan fingerprint density at radius 2 is 0.852 bits per heavy atom. The second-order valence-electron chi connectivity index (χ2n) is 13.7. The lowest BCUT2D eigenvalue weighted by molar-refractivity contribution is 1.28. The van der Waals surface area contributed by atoms with Crippen LogP contribution < -0.4 is 4.90 Å². The van der Waals surface area contributed by atoms with Crippen molar-refractivity contribution in [3.8, 4) is 44.5 Å². The zero-order chi connectivity index (χ0) is 35.8. The summed E-state index contributed by atoms with van der Waals surface area (Å²) in [7, 11) is 0. The zero-order valence-electron chi connectivity index (χ0n) is 29.6. The number of hydrogen-bond acceptors (Lipinski definition) is 2. The summed E-state index contributed by atoms with van der Waals surface area (Å²) in [4.78, 5) is 2.38. The van der Waals surface area contributed by atoms with Gasteiger partial charge in [0.2, 0.25) is 0 Å². The summed E-state index contributed by atoms with van der Waals surface area (Å²) in [6, 6.07) is 77.1. The van der Waals surface area contributed by atoms with Gasteiger partial charge in [0.05, 0.1) is 0 Å². The van der Waals surface area contributed by atoms with E-state index in [9.17, 15) is 0 Å². The number of fused-ring (bicyclic) bond motifs is 4. The van der Waals surface area contributed by atoms with E-state index in [1.807, 2.05) is 11.3 Å². The van der Waals surface area contributed by atoms with Crippen LogP contribution in [0.4, 0.5) is 17.1 Å². The monoisotopic (exact) mass is 705 g/mol. The van der Waals surface area contributed by atoms with Crippen molar-refractivity contribution in [1.82, 2.24) is 0 Å². The van der Waals surface area contributed by atoms with Gasteiger partial charge >= 0.3 is 0 Å². The number of nitrogens with zero attached hydrogens (tertiary/aromatic N) is 1. The van der Waals surface area contributed by atoms with E-state index in [4.69, 9.17) is 0 Å². The Hall–Kier alpha value is -6.74. The fourth-order valence-electron chi connectivity index (χ4n) is 7.91. The maximum absolute atomic E-state index is 2.38. The number of hydrogen-bond donors (Lipinski definition) is 0. The Balaban J connectivity index is 1.16. The van der Waals surface area contributed by atoms with E-state index in [-0.39, 0.29) is 0 Å². The molecule has 0 atom stereocenters. The first kappa shape index (κ1) is 32.0. The first-order valence-electron chi connectivity index (χ1n) is 18.4.